The van der Waals surface area contributed by atoms with Crippen LogP contribution in [-0.2, 0) is 16.3 Å². The predicted octanol–water partition coefficient (Wildman–Crippen LogP) is 1.79. The van der Waals surface area contributed by atoms with E-state index in [1.807, 2.05) is 0 Å². The van der Waals surface area contributed by atoms with E-state index in [2.05, 4.69) is 15.3 Å². The van der Waals surface area contributed by atoms with Crippen LogP contribution >= 0.6 is 0 Å². The van der Waals surface area contributed by atoms with Crippen molar-refractivity contribution in [1.82, 2.24) is 15.3 Å². The molecule has 1 aromatic heterocycles. The molecule has 1 aromatic carbocycles. The van der Waals surface area contributed by atoms with Gasteiger partial charge in [0.05, 0.1) is 0 Å². The van der Waals surface area contributed by atoms with Crippen LogP contribution < -0.4 is 15.0 Å². The second kappa shape index (κ2) is 7.25. The van der Waals surface area contributed by atoms with E-state index in [4.69, 9.17) is 4.74 Å². The van der Waals surface area contributed by atoms with Crippen molar-refractivity contribution in [3.8, 4) is 5.88 Å². The summed E-state index contributed by atoms with van der Waals surface area (Å²) in [5.41, 5.74) is 0.894. The normalized spacial score (nSPS) is 22.2. The van der Waals surface area contributed by atoms with Crippen LogP contribution in [0.5, 0.6) is 5.88 Å². The van der Waals surface area contributed by atoms with E-state index in [0.717, 1.165) is 6.26 Å². The first-order valence-electron chi connectivity index (χ1n) is 8.97. The molecule has 0 spiro atoms. The molecular weight excluding hydrogens is 390 g/mol. The van der Waals surface area contributed by atoms with Gasteiger partial charge in [0.15, 0.2) is 9.84 Å². The zero-order valence-electron chi connectivity index (χ0n) is 15.2. The third-order valence-corrected chi connectivity index (χ3v) is 6.10. The van der Waals surface area contributed by atoms with E-state index < -0.39 is 27.9 Å². The zero-order chi connectivity index (χ0) is 19.9. The van der Waals surface area contributed by atoms with Gasteiger partial charge in [-0.2, -0.15) is 0 Å². The standard InChI is InChI=1S/C18H20F2N4O3S/c1-28(25,26)15-3-2-13-11(18(15)20)5-7-24(13)16-8-17(23-10-22-16)27-14-4-6-21-9-12(14)19/h2-3,8,10,12,14,21H,4-7,9H2,1H3/t12-,14+/m1/s1. The van der Waals surface area contributed by atoms with Gasteiger partial charge < -0.3 is 15.0 Å². The highest BCUT2D eigenvalue weighted by atomic mass is 32.2. The highest BCUT2D eigenvalue weighted by molar-refractivity contribution is 7.90. The van der Waals surface area contributed by atoms with E-state index in [1.54, 1.807) is 17.0 Å². The molecule has 28 heavy (non-hydrogen) atoms. The van der Waals surface area contributed by atoms with Crippen LogP contribution in [-0.4, -0.2) is 56.6 Å². The molecule has 2 atom stereocenters. The Labute approximate surface area is 161 Å². The van der Waals surface area contributed by atoms with Crippen LogP contribution in [0.15, 0.2) is 29.4 Å². The summed E-state index contributed by atoms with van der Waals surface area (Å²) in [5.74, 6) is 0.0174. The quantitative estimate of drug-likeness (QED) is 0.823. The van der Waals surface area contributed by atoms with Crippen molar-refractivity contribution >= 4 is 21.3 Å². The fourth-order valence-electron chi connectivity index (χ4n) is 3.57. The van der Waals surface area contributed by atoms with Crippen LogP contribution in [0.4, 0.5) is 20.3 Å². The first-order chi connectivity index (χ1) is 13.3. The molecule has 2 aliphatic heterocycles. The maximum Gasteiger partial charge on any atom is 0.218 e. The lowest BCUT2D eigenvalue weighted by molar-refractivity contribution is 0.0693. The second-order valence-electron chi connectivity index (χ2n) is 6.93. The number of hydrogen-bond acceptors (Lipinski definition) is 7. The first-order valence-corrected chi connectivity index (χ1v) is 10.9. The number of fused-ring (bicyclic) bond motifs is 1. The molecule has 1 saturated heterocycles. The number of sulfone groups is 1. The van der Waals surface area contributed by atoms with E-state index in [-0.39, 0.29) is 17.3 Å². The van der Waals surface area contributed by atoms with Gasteiger partial charge in [0.25, 0.3) is 0 Å². The maximum absolute atomic E-state index is 14.7. The van der Waals surface area contributed by atoms with Crippen LogP contribution in [0.2, 0.25) is 0 Å². The fraction of sp³-hybridized carbons (Fsp3) is 0.444. The summed E-state index contributed by atoms with van der Waals surface area (Å²) in [6, 6.07) is 4.43. The van der Waals surface area contributed by atoms with E-state index in [9.17, 15) is 17.2 Å². The Morgan fingerprint density at radius 1 is 1.32 bits per heavy atom. The van der Waals surface area contributed by atoms with Crippen molar-refractivity contribution in [3.05, 3.63) is 35.9 Å². The molecule has 2 aliphatic rings. The van der Waals surface area contributed by atoms with Crippen molar-refractivity contribution in [1.29, 1.82) is 0 Å². The Kier molecular flexibility index (Phi) is 4.92. The average Bonchev–Trinajstić information content (AvgIpc) is 3.08. The molecule has 10 heteroatoms. The summed E-state index contributed by atoms with van der Waals surface area (Å²) in [6.45, 7) is 1.35. The third-order valence-electron chi connectivity index (χ3n) is 4.98. The minimum Gasteiger partial charge on any atom is -0.471 e. The molecule has 0 saturated carbocycles. The maximum atomic E-state index is 14.7. The number of piperidine rings is 1. The molecule has 0 aliphatic carbocycles. The van der Waals surface area contributed by atoms with Crippen molar-refractivity contribution in [2.75, 3.05) is 30.8 Å². The van der Waals surface area contributed by atoms with Gasteiger partial charge in [0.2, 0.25) is 5.88 Å². The number of halogens is 2. The summed E-state index contributed by atoms with van der Waals surface area (Å²) in [7, 11) is -3.65. The van der Waals surface area contributed by atoms with Gasteiger partial charge in [0.1, 0.15) is 35.1 Å². The topological polar surface area (TPSA) is 84.4 Å². The number of rotatable bonds is 4. The Morgan fingerprint density at radius 3 is 2.89 bits per heavy atom. The van der Waals surface area contributed by atoms with Gasteiger partial charge in [-0.1, -0.05) is 0 Å². The minimum absolute atomic E-state index is 0.240. The second-order valence-corrected chi connectivity index (χ2v) is 8.91. The highest BCUT2D eigenvalue weighted by Gasteiger charge is 2.30. The van der Waals surface area contributed by atoms with Gasteiger partial charge in [-0.15, -0.1) is 0 Å². The Balaban J connectivity index is 1.61. The summed E-state index contributed by atoms with van der Waals surface area (Å²) < 4.78 is 57.8. The lowest BCUT2D eigenvalue weighted by atomic mass is 10.1. The van der Waals surface area contributed by atoms with Crippen LogP contribution in [0, 0.1) is 5.82 Å². The number of nitrogens with one attached hydrogen (secondary N) is 1. The van der Waals surface area contributed by atoms with Crippen LogP contribution in [0.1, 0.15) is 12.0 Å². The summed E-state index contributed by atoms with van der Waals surface area (Å²) in [6.07, 6.45) is 1.49. The number of benzene rings is 1. The molecule has 1 fully saturated rings. The number of anilines is 2. The number of nitrogens with zero attached hydrogens (tertiary/aromatic N) is 3. The Hall–Kier alpha value is -2.33. The Morgan fingerprint density at radius 2 is 2.14 bits per heavy atom. The number of aromatic nitrogens is 2. The molecule has 0 amide bonds. The molecule has 2 aromatic rings. The summed E-state index contributed by atoms with van der Waals surface area (Å²) >= 11 is 0. The molecule has 0 radical (unpaired) electrons. The lowest BCUT2D eigenvalue weighted by Crippen LogP contribution is -2.44. The van der Waals surface area contributed by atoms with Gasteiger partial charge in [-0.3, -0.25) is 0 Å². The number of alkyl halides is 1. The molecule has 4 rings (SSSR count). The van der Waals surface area contributed by atoms with Crippen molar-refractivity contribution in [2.24, 2.45) is 0 Å². The molecule has 3 heterocycles. The first kappa shape index (κ1) is 19.0. The van der Waals surface area contributed by atoms with Gasteiger partial charge in [-0.05, 0) is 31.5 Å². The fourth-order valence-corrected chi connectivity index (χ4v) is 4.34. The smallest absolute Gasteiger partial charge is 0.218 e. The molecular formula is C18H20F2N4O3S. The number of ether oxygens (including phenoxy) is 1. The van der Waals surface area contributed by atoms with E-state index in [0.29, 0.717) is 43.0 Å². The lowest BCUT2D eigenvalue weighted by Gasteiger charge is -2.27. The molecule has 1 N–H and O–H groups in total. The summed E-state index contributed by atoms with van der Waals surface area (Å²) in [5, 5.41) is 2.96. The van der Waals surface area contributed by atoms with E-state index in [1.165, 1.54) is 12.4 Å². The molecule has 7 nitrogen and oxygen atoms in total. The monoisotopic (exact) mass is 410 g/mol. The molecule has 0 bridgehead atoms. The zero-order valence-corrected chi connectivity index (χ0v) is 16.0. The van der Waals surface area contributed by atoms with Crippen LogP contribution in [0.25, 0.3) is 0 Å². The van der Waals surface area contributed by atoms with Crippen molar-refractivity contribution in [3.63, 3.8) is 0 Å². The minimum atomic E-state index is -3.65. The Bertz CT molecular complexity index is 1000. The highest BCUT2D eigenvalue weighted by Crippen LogP contribution is 2.37. The van der Waals surface area contributed by atoms with Crippen molar-refractivity contribution < 1.29 is 21.9 Å². The van der Waals surface area contributed by atoms with Gasteiger partial charge >= 0.3 is 0 Å². The third kappa shape index (κ3) is 3.53. The van der Waals surface area contributed by atoms with Gasteiger partial charge in [0, 0.05) is 36.7 Å². The molecule has 0 unspecified atom stereocenters. The van der Waals surface area contributed by atoms with Crippen molar-refractivity contribution in [2.45, 2.75) is 30.0 Å². The largest absolute Gasteiger partial charge is 0.471 e. The van der Waals surface area contributed by atoms with Gasteiger partial charge in [-0.25, -0.2) is 27.2 Å². The van der Waals surface area contributed by atoms with E-state index >= 15 is 0 Å². The summed E-state index contributed by atoms with van der Waals surface area (Å²) in [4.78, 5) is 9.75. The average molecular weight is 410 g/mol. The van der Waals surface area contributed by atoms with Crippen LogP contribution in [0.3, 0.4) is 0 Å². The predicted molar refractivity (Wildman–Crippen MR) is 99.1 cm³/mol. The number of hydrogen-bond donors (Lipinski definition) is 1. The SMILES string of the molecule is CS(=O)(=O)c1ccc2c(c1F)CCN2c1cc(O[C@H]2CCNC[C@H]2F)ncn1. The molecule has 150 valence electrons.